The summed E-state index contributed by atoms with van der Waals surface area (Å²) in [5.74, 6) is 0.857. The molecule has 168 valence electrons. The Labute approximate surface area is 191 Å². The predicted octanol–water partition coefficient (Wildman–Crippen LogP) is 4.65. The van der Waals surface area contributed by atoms with Crippen LogP contribution in [-0.2, 0) is 6.54 Å². The van der Waals surface area contributed by atoms with Crippen molar-refractivity contribution in [3.05, 3.63) is 88.1 Å². The van der Waals surface area contributed by atoms with E-state index in [0.29, 0.717) is 12.2 Å². The van der Waals surface area contributed by atoms with Crippen molar-refractivity contribution in [2.24, 2.45) is 0 Å². The van der Waals surface area contributed by atoms with Crippen molar-refractivity contribution in [3.8, 4) is 17.0 Å². The van der Waals surface area contributed by atoms with Crippen LogP contribution < -0.4 is 10.4 Å². The number of rotatable bonds is 7. The van der Waals surface area contributed by atoms with Crippen LogP contribution in [0, 0.1) is 13.8 Å². The third kappa shape index (κ3) is 4.02. The zero-order chi connectivity index (χ0) is 22.9. The lowest BCUT2D eigenvalue weighted by atomic mass is 10.1. The fraction of sp³-hybridized carbons (Fsp3) is 0.269. The number of ether oxygens (including phenoxy) is 1. The molecule has 5 aromatic rings. The Bertz CT molecular complexity index is 1490. The number of fused-ring (bicyclic) bond motifs is 3. The topological polar surface area (TPSA) is 65.8 Å². The van der Waals surface area contributed by atoms with Crippen LogP contribution in [0.3, 0.4) is 0 Å². The molecule has 0 saturated carbocycles. The van der Waals surface area contributed by atoms with Crippen molar-refractivity contribution < 1.29 is 4.74 Å². The minimum absolute atomic E-state index is 0.162. The number of hydrogen-bond acceptors (Lipinski definition) is 4. The predicted molar refractivity (Wildman–Crippen MR) is 129 cm³/mol. The van der Waals surface area contributed by atoms with Gasteiger partial charge in [-0.1, -0.05) is 37.1 Å². The van der Waals surface area contributed by atoms with E-state index < -0.39 is 0 Å². The van der Waals surface area contributed by atoms with E-state index in [9.17, 15) is 4.79 Å². The summed E-state index contributed by atoms with van der Waals surface area (Å²) in [5.41, 5.74) is 6.41. The first kappa shape index (κ1) is 21.0. The third-order valence-corrected chi connectivity index (χ3v) is 5.93. The number of aryl methyl sites for hydroxylation is 2. The zero-order valence-corrected chi connectivity index (χ0v) is 19.2. The quantitative estimate of drug-likeness (QED) is 0.345. The van der Waals surface area contributed by atoms with Gasteiger partial charge in [-0.15, -0.1) is 5.10 Å². The number of aromatic nitrogens is 5. The second kappa shape index (κ2) is 8.58. The van der Waals surface area contributed by atoms with Crippen LogP contribution in [0.1, 0.15) is 36.5 Å². The molecule has 0 radical (unpaired) electrons. The minimum Gasteiger partial charge on any atom is -0.494 e. The summed E-state index contributed by atoms with van der Waals surface area (Å²) in [5, 5.41) is 9.35. The van der Waals surface area contributed by atoms with Gasteiger partial charge in [0.25, 0.3) is 0 Å². The maximum Gasteiger partial charge on any atom is 0.350 e. The number of benzene rings is 2. The van der Waals surface area contributed by atoms with Gasteiger partial charge < -0.3 is 4.74 Å². The van der Waals surface area contributed by atoms with E-state index in [4.69, 9.17) is 9.84 Å². The summed E-state index contributed by atoms with van der Waals surface area (Å²) in [7, 11) is 0. The average molecular weight is 442 g/mol. The van der Waals surface area contributed by atoms with Crippen molar-refractivity contribution in [1.82, 2.24) is 23.8 Å². The molecule has 2 aromatic carbocycles. The highest BCUT2D eigenvalue weighted by atomic mass is 16.5. The number of unbranched alkanes of at least 4 members (excludes halogenated alkanes) is 1. The molecular weight excluding hydrogens is 414 g/mol. The Morgan fingerprint density at radius 1 is 0.970 bits per heavy atom. The first-order valence-electron chi connectivity index (χ1n) is 11.3. The van der Waals surface area contributed by atoms with Gasteiger partial charge in [-0.2, -0.15) is 5.10 Å². The Morgan fingerprint density at radius 2 is 1.79 bits per heavy atom. The molecule has 3 heterocycles. The Hall–Kier alpha value is -3.87. The van der Waals surface area contributed by atoms with Crippen LogP contribution in [0.5, 0.6) is 5.75 Å². The van der Waals surface area contributed by atoms with Gasteiger partial charge in [-0.3, -0.25) is 0 Å². The molecule has 0 atom stereocenters. The highest BCUT2D eigenvalue weighted by molar-refractivity contribution is 5.76. The first-order chi connectivity index (χ1) is 16.0. The molecule has 0 fully saturated rings. The van der Waals surface area contributed by atoms with Crippen LogP contribution in [-0.4, -0.2) is 30.4 Å². The van der Waals surface area contributed by atoms with Gasteiger partial charge in [0.15, 0.2) is 5.65 Å². The molecule has 0 spiro atoms. The Morgan fingerprint density at radius 3 is 2.58 bits per heavy atom. The van der Waals surface area contributed by atoms with Crippen LogP contribution in [0.2, 0.25) is 0 Å². The summed E-state index contributed by atoms with van der Waals surface area (Å²) >= 11 is 0. The highest BCUT2D eigenvalue weighted by Gasteiger charge is 2.14. The van der Waals surface area contributed by atoms with Gasteiger partial charge in [0.2, 0.25) is 0 Å². The normalized spacial score (nSPS) is 11.5. The van der Waals surface area contributed by atoms with Gasteiger partial charge in [-0.05, 0) is 61.7 Å². The Kier molecular flexibility index (Phi) is 5.46. The molecule has 0 N–H and O–H groups in total. The standard InChI is InChI=1S/C26H27N5O2/c1-4-5-14-33-22-10-8-20(9-11-22)23-16-24-25-28-31(17-21-15-18(2)6-7-19(21)3)26(32)29(25)12-13-30(24)27-23/h6-13,15-16H,4-5,14,17H2,1-3H3. The van der Waals surface area contributed by atoms with Crippen LogP contribution in [0.15, 0.2) is 65.7 Å². The van der Waals surface area contributed by atoms with E-state index in [0.717, 1.165) is 58.7 Å². The van der Waals surface area contributed by atoms with Crippen molar-refractivity contribution in [2.45, 2.75) is 40.2 Å². The second-order valence-electron chi connectivity index (χ2n) is 8.45. The molecule has 0 saturated heterocycles. The van der Waals surface area contributed by atoms with Gasteiger partial charge in [0.1, 0.15) is 11.3 Å². The first-order valence-corrected chi connectivity index (χ1v) is 11.3. The molecule has 5 rings (SSSR count). The SMILES string of the molecule is CCCCOc1ccc(-c2cc3c4nn(Cc5cc(C)ccc5C)c(=O)n4ccn3n2)cc1. The maximum absolute atomic E-state index is 13.0. The van der Waals surface area contributed by atoms with Gasteiger partial charge in [-0.25, -0.2) is 18.4 Å². The largest absolute Gasteiger partial charge is 0.494 e. The van der Waals surface area contributed by atoms with E-state index in [1.54, 1.807) is 21.3 Å². The maximum atomic E-state index is 13.0. The van der Waals surface area contributed by atoms with Crippen molar-refractivity contribution in [3.63, 3.8) is 0 Å². The number of hydrogen-bond donors (Lipinski definition) is 0. The highest BCUT2D eigenvalue weighted by Crippen LogP contribution is 2.24. The molecule has 7 heteroatoms. The van der Waals surface area contributed by atoms with Crippen LogP contribution >= 0.6 is 0 Å². The molecule has 0 aliphatic heterocycles. The Balaban J connectivity index is 1.49. The smallest absolute Gasteiger partial charge is 0.350 e. The van der Waals surface area contributed by atoms with Crippen molar-refractivity contribution >= 4 is 11.2 Å². The molecule has 0 amide bonds. The molecular formula is C26H27N5O2. The molecule has 0 aliphatic carbocycles. The summed E-state index contributed by atoms with van der Waals surface area (Å²) in [6.07, 6.45) is 5.66. The summed E-state index contributed by atoms with van der Waals surface area (Å²) in [6, 6.07) is 16.2. The van der Waals surface area contributed by atoms with E-state index in [-0.39, 0.29) is 5.69 Å². The van der Waals surface area contributed by atoms with Crippen molar-refractivity contribution in [2.75, 3.05) is 6.61 Å². The molecule has 0 aliphatic rings. The van der Waals surface area contributed by atoms with E-state index >= 15 is 0 Å². The lowest BCUT2D eigenvalue weighted by molar-refractivity contribution is 0.309. The van der Waals surface area contributed by atoms with E-state index in [1.165, 1.54) is 4.68 Å². The summed E-state index contributed by atoms with van der Waals surface area (Å²) in [4.78, 5) is 13.0. The molecule has 0 unspecified atom stereocenters. The lowest BCUT2D eigenvalue weighted by Crippen LogP contribution is -2.22. The zero-order valence-electron chi connectivity index (χ0n) is 19.2. The van der Waals surface area contributed by atoms with Crippen LogP contribution in [0.4, 0.5) is 0 Å². The fourth-order valence-corrected chi connectivity index (χ4v) is 3.97. The molecule has 0 bridgehead atoms. The van der Waals surface area contributed by atoms with Gasteiger partial charge in [0, 0.05) is 18.0 Å². The van der Waals surface area contributed by atoms with E-state index in [2.05, 4.69) is 44.1 Å². The molecule has 33 heavy (non-hydrogen) atoms. The minimum atomic E-state index is -0.162. The second-order valence-corrected chi connectivity index (χ2v) is 8.45. The van der Waals surface area contributed by atoms with Gasteiger partial charge >= 0.3 is 5.69 Å². The van der Waals surface area contributed by atoms with Crippen LogP contribution in [0.25, 0.3) is 22.4 Å². The number of nitrogens with zero attached hydrogens (tertiary/aromatic N) is 5. The third-order valence-electron chi connectivity index (χ3n) is 5.93. The summed E-state index contributed by atoms with van der Waals surface area (Å²) < 4.78 is 10.6. The molecule has 7 nitrogen and oxygen atoms in total. The average Bonchev–Trinajstić information content (AvgIpc) is 3.38. The lowest BCUT2D eigenvalue weighted by Gasteiger charge is -2.06. The van der Waals surface area contributed by atoms with Crippen molar-refractivity contribution in [1.29, 1.82) is 0 Å². The molecule has 3 aromatic heterocycles. The monoisotopic (exact) mass is 441 g/mol. The van der Waals surface area contributed by atoms with E-state index in [1.807, 2.05) is 30.3 Å². The van der Waals surface area contributed by atoms with Gasteiger partial charge in [0.05, 0.1) is 18.8 Å². The summed E-state index contributed by atoms with van der Waals surface area (Å²) in [6.45, 7) is 7.41. The fourth-order valence-electron chi connectivity index (χ4n) is 3.97.